The van der Waals surface area contributed by atoms with Crippen LogP contribution in [0.1, 0.15) is 59.3 Å². The summed E-state index contributed by atoms with van der Waals surface area (Å²) in [7, 11) is 0. The highest BCUT2D eigenvalue weighted by molar-refractivity contribution is 5.91. The molecule has 0 radical (unpaired) electrons. The van der Waals surface area contributed by atoms with Gasteiger partial charge in [-0.3, -0.25) is 9.59 Å². The fourth-order valence-corrected chi connectivity index (χ4v) is 4.44. The van der Waals surface area contributed by atoms with E-state index in [0.717, 1.165) is 16.7 Å². The Hall–Kier alpha value is -3.87. The number of benzene rings is 2. The van der Waals surface area contributed by atoms with Gasteiger partial charge in [0.2, 0.25) is 5.91 Å². The number of halogens is 1. The summed E-state index contributed by atoms with van der Waals surface area (Å²) in [6.45, 7) is 8.66. The van der Waals surface area contributed by atoms with Gasteiger partial charge in [0.15, 0.2) is 5.76 Å². The lowest BCUT2D eigenvalue weighted by Crippen LogP contribution is -2.41. The van der Waals surface area contributed by atoms with Crippen molar-refractivity contribution >= 4 is 11.8 Å². The summed E-state index contributed by atoms with van der Waals surface area (Å²) in [5.41, 5.74) is 2.75. The molecule has 0 fully saturated rings. The van der Waals surface area contributed by atoms with Gasteiger partial charge in [0.05, 0.1) is 6.04 Å². The van der Waals surface area contributed by atoms with Gasteiger partial charge in [-0.15, -0.1) is 6.58 Å². The molecule has 1 aliphatic rings. The van der Waals surface area contributed by atoms with Crippen molar-refractivity contribution in [1.29, 1.82) is 0 Å². The van der Waals surface area contributed by atoms with Crippen molar-refractivity contribution in [3.05, 3.63) is 101 Å². The van der Waals surface area contributed by atoms with Crippen LogP contribution >= 0.6 is 0 Å². The Labute approximate surface area is 210 Å². The predicted molar refractivity (Wildman–Crippen MR) is 135 cm³/mol. The van der Waals surface area contributed by atoms with Crippen molar-refractivity contribution in [1.82, 2.24) is 10.2 Å². The van der Waals surface area contributed by atoms with Gasteiger partial charge in [-0.2, -0.15) is 0 Å². The van der Waals surface area contributed by atoms with E-state index in [-0.39, 0.29) is 35.9 Å². The van der Waals surface area contributed by atoms with Crippen molar-refractivity contribution in [2.45, 2.75) is 39.3 Å². The quantitative estimate of drug-likeness (QED) is 0.406. The Bertz CT molecular complexity index is 1250. The monoisotopic (exact) mass is 490 g/mol. The standard InChI is InChI=1S/C29H31FN2O4/c1-4-13-31-29(34)26-11-10-24(36-26)18-35-23-9-8-20-12-14-32(27(33)15-19(2)3)28(25(20)17-23)21-6-5-7-22(30)16-21/h4-11,16-17,19,28H,1,12-15,18H2,2-3H3,(H,31,34)/t28-/m1/s1. The molecule has 2 aromatic carbocycles. The normalized spacial score (nSPS) is 14.9. The Morgan fingerprint density at radius 3 is 2.81 bits per heavy atom. The first-order valence-corrected chi connectivity index (χ1v) is 12.1. The first-order chi connectivity index (χ1) is 17.4. The van der Waals surface area contributed by atoms with E-state index in [0.29, 0.717) is 37.4 Å². The maximum absolute atomic E-state index is 14.2. The van der Waals surface area contributed by atoms with Gasteiger partial charge in [-0.25, -0.2) is 4.39 Å². The second-order valence-corrected chi connectivity index (χ2v) is 9.31. The molecule has 2 heterocycles. The minimum atomic E-state index is -0.400. The van der Waals surface area contributed by atoms with Crippen LogP contribution in [-0.4, -0.2) is 29.8 Å². The maximum Gasteiger partial charge on any atom is 0.287 e. The van der Waals surface area contributed by atoms with Gasteiger partial charge < -0.3 is 19.4 Å². The summed E-state index contributed by atoms with van der Waals surface area (Å²) >= 11 is 0. The highest BCUT2D eigenvalue weighted by atomic mass is 19.1. The lowest BCUT2D eigenvalue weighted by Gasteiger charge is -2.38. The van der Waals surface area contributed by atoms with Crippen LogP contribution in [0.3, 0.4) is 0 Å². The molecule has 0 unspecified atom stereocenters. The third kappa shape index (κ3) is 5.85. The van der Waals surface area contributed by atoms with Crippen molar-refractivity contribution in [3.8, 4) is 5.75 Å². The van der Waals surface area contributed by atoms with E-state index in [2.05, 4.69) is 11.9 Å². The average Bonchev–Trinajstić information content (AvgIpc) is 3.34. The van der Waals surface area contributed by atoms with Gasteiger partial charge in [0.25, 0.3) is 5.91 Å². The summed E-state index contributed by atoms with van der Waals surface area (Å²) in [4.78, 5) is 27.1. The average molecular weight is 491 g/mol. The zero-order chi connectivity index (χ0) is 25.7. The summed E-state index contributed by atoms with van der Waals surface area (Å²) in [6.07, 6.45) is 2.74. The SMILES string of the molecule is C=CCNC(=O)c1ccc(COc2ccc3c(c2)[C@@H](c2cccc(F)c2)N(C(=O)CC(C)C)CC3)o1. The molecule has 6 nitrogen and oxygen atoms in total. The first kappa shape index (κ1) is 25.2. The number of rotatable bonds is 9. The lowest BCUT2D eigenvalue weighted by atomic mass is 9.87. The Kier molecular flexibility index (Phi) is 7.88. The van der Waals surface area contributed by atoms with Gasteiger partial charge in [-0.05, 0) is 65.4 Å². The molecule has 2 amide bonds. The third-order valence-electron chi connectivity index (χ3n) is 6.09. The molecule has 36 heavy (non-hydrogen) atoms. The number of ether oxygens (including phenoxy) is 1. The summed E-state index contributed by atoms with van der Waals surface area (Å²) < 4.78 is 25.8. The molecule has 0 saturated heterocycles. The zero-order valence-corrected chi connectivity index (χ0v) is 20.6. The van der Waals surface area contributed by atoms with E-state index in [1.807, 2.05) is 43.0 Å². The van der Waals surface area contributed by atoms with E-state index in [9.17, 15) is 14.0 Å². The van der Waals surface area contributed by atoms with Crippen LogP contribution in [0, 0.1) is 11.7 Å². The lowest BCUT2D eigenvalue weighted by molar-refractivity contribution is -0.134. The smallest absolute Gasteiger partial charge is 0.287 e. The van der Waals surface area contributed by atoms with Crippen LogP contribution in [0.5, 0.6) is 5.75 Å². The van der Waals surface area contributed by atoms with Crippen molar-refractivity contribution < 1.29 is 23.1 Å². The number of carbonyl (C=O) groups is 2. The molecule has 0 saturated carbocycles. The van der Waals surface area contributed by atoms with Gasteiger partial charge in [0, 0.05) is 19.5 Å². The predicted octanol–water partition coefficient (Wildman–Crippen LogP) is 5.43. The summed E-state index contributed by atoms with van der Waals surface area (Å²) in [6, 6.07) is 15.1. The highest BCUT2D eigenvalue weighted by Crippen LogP contribution is 2.38. The summed E-state index contributed by atoms with van der Waals surface area (Å²) in [5, 5.41) is 2.67. The minimum absolute atomic E-state index is 0.0501. The number of hydrogen-bond acceptors (Lipinski definition) is 4. The topological polar surface area (TPSA) is 71.8 Å². The first-order valence-electron chi connectivity index (χ1n) is 12.1. The highest BCUT2D eigenvalue weighted by Gasteiger charge is 2.32. The number of hydrogen-bond donors (Lipinski definition) is 1. The second kappa shape index (κ2) is 11.2. The number of carbonyl (C=O) groups excluding carboxylic acids is 2. The van der Waals surface area contributed by atoms with E-state index >= 15 is 0 Å². The molecule has 7 heteroatoms. The molecule has 188 valence electrons. The fourth-order valence-electron chi connectivity index (χ4n) is 4.44. The molecule has 1 N–H and O–H groups in total. The van der Waals surface area contributed by atoms with E-state index in [1.165, 1.54) is 12.1 Å². The molecule has 0 spiro atoms. The summed E-state index contributed by atoms with van der Waals surface area (Å²) in [5.74, 6) is 0.918. The number of fused-ring (bicyclic) bond motifs is 1. The number of nitrogens with zero attached hydrogens (tertiary/aromatic N) is 1. The van der Waals surface area contributed by atoms with E-state index < -0.39 is 6.04 Å². The van der Waals surface area contributed by atoms with Crippen LogP contribution in [0.25, 0.3) is 0 Å². The molecular formula is C29H31FN2O4. The number of nitrogens with one attached hydrogen (secondary N) is 1. The van der Waals surface area contributed by atoms with E-state index in [1.54, 1.807) is 24.3 Å². The number of amides is 2. The zero-order valence-electron chi connectivity index (χ0n) is 20.6. The Morgan fingerprint density at radius 2 is 2.06 bits per heavy atom. The van der Waals surface area contributed by atoms with Crippen LogP contribution in [0.4, 0.5) is 4.39 Å². The van der Waals surface area contributed by atoms with Crippen molar-refractivity contribution in [3.63, 3.8) is 0 Å². The van der Waals surface area contributed by atoms with Gasteiger partial charge in [0.1, 0.15) is 23.9 Å². The molecule has 3 aromatic rings. The molecule has 4 rings (SSSR count). The fraction of sp³-hybridized carbons (Fsp3) is 0.310. The molecule has 1 aliphatic heterocycles. The van der Waals surface area contributed by atoms with Gasteiger partial charge in [-0.1, -0.05) is 38.1 Å². The van der Waals surface area contributed by atoms with Crippen LogP contribution in [-0.2, 0) is 17.8 Å². The molecule has 1 atom stereocenters. The Balaban J connectivity index is 1.58. The van der Waals surface area contributed by atoms with Crippen LogP contribution in [0.15, 0.2) is 71.7 Å². The van der Waals surface area contributed by atoms with Crippen LogP contribution < -0.4 is 10.1 Å². The third-order valence-corrected chi connectivity index (χ3v) is 6.09. The minimum Gasteiger partial charge on any atom is -0.486 e. The molecular weight excluding hydrogens is 459 g/mol. The van der Waals surface area contributed by atoms with Crippen molar-refractivity contribution in [2.24, 2.45) is 5.92 Å². The Morgan fingerprint density at radius 1 is 1.22 bits per heavy atom. The number of furan rings is 1. The van der Waals surface area contributed by atoms with Gasteiger partial charge >= 0.3 is 0 Å². The molecule has 0 bridgehead atoms. The molecule has 0 aliphatic carbocycles. The van der Waals surface area contributed by atoms with Crippen LogP contribution in [0.2, 0.25) is 0 Å². The molecule has 1 aromatic heterocycles. The maximum atomic E-state index is 14.2. The largest absolute Gasteiger partial charge is 0.486 e. The van der Waals surface area contributed by atoms with E-state index in [4.69, 9.17) is 9.15 Å². The van der Waals surface area contributed by atoms with Crippen molar-refractivity contribution in [2.75, 3.05) is 13.1 Å². The second-order valence-electron chi connectivity index (χ2n) is 9.31.